The summed E-state index contributed by atoms with van der Waals surface area (Å²) in [6.45, 7) is 6.68. The van der Waals surface area contributed by atoms with Crippen LogP contribution in [0.25, 0.3) is 6.08 Å². The molecular formula is C34H33BF2O7. The van der Waals surface area contributed by atoms with E-state index in [1.807, 2.05) is 48.5 Å². The lowest BCUT2D eigenvalue weighted by Crippen LogP contribution is -2.65. The Hall–Kier alpha value is -3.89. The molecule has 3 aliphatic carbocycles. The number of carbonyl (C=O) groups is 1. The lowest BCUT2D eigenvalue weighted by molar-refractivity contribution is -0.286. The largest absolute Gasteiger partial charge is 0.586 e. The first-order valence-electron chi connectivity index (χ1n) is 14.9. The van der Waals surface area contributed by atoms with Gasteiger partial charge in [0.25, 0.3) is 0 Å². The fourth-order valence-electron chi connectivity index (χ4n) is 7.24. The van der Waals surface area contributed by atoms with Crippen LogP contribution in [-0.2, 0) is 27.3 Å². The highest BCUT2D eigenvalue weighted by Crippen LogP contribution is 2.65. The molecule has 8 rings (SSSR count). The first-order valence-corrected chi connectivity index (χ1v) is 14.9. The maximum atomic E-state index is 14.4. The normalized spacial score (nSPS) is 27.1. The molecule has 5 aliphatic rings. The van der Waals surface area contributed by atoms with E-state index in [0.717, 1.165) is 24.0 Å². The average Bonchev–Trinajstić information content (AvgIpc) is 3.51. The van der Waals surface area contributed by atoms with E-state index in [2.05, 4.69) is 20.8 Å². The van der Waals surface area contributed by atoms with E-state index in [1.54, 1.807) is 24.2 Å². The van der Waals surface area contributed by atoms with E-state index in [0.29, 0.717) is 17.4 Å². The van der Waals surface area contributed by atoms with Crippen molar-refractivity contribution < 1.29 is 41.8 Å². The molecule has 10 heteroatoms. The van der Waals surface area contributed by atoms with Gasteiger partial charge in [-0.15, -0.1) is 8.78 Å². The van der Waals surface area contributed by atoms with Gasteiger partial charge in [0.15, 0.2) is 11.5 Å². The van der Waals surface area contributed by atoms with Gasteiger partial charge >= 0.3 is 19.4 Å². The summed E-state index contributed by atoms with van der Waals surface area (Å²) < 4.78 is 63.0. The summed E-state index contributed by atoms with van der Waals surface area (Å²) in [4.78, 5) is 13.6. The second kappa shape index (κ2) is 10.6. The summed E-state index contributed by atoms with van der Waals surface area (Å²) >= 11 is 0. The summed E-state index contributed by atoms with van der Waals surface area (Å²) in [6, 6.07) is 19.7. The minimum Gasteiger partial charge on any atom is -0.487 e. The molecule has 4 atom stereocenters. The number of esters is 1. The summed E-state index contributed by atoms with van der Waals surface area (Å²) in [6.07, 6.45) is -0.323. The molecule has 1 saturated heterocycles. The van der Waals surface area contributed by atoms with Crippen molar-refractivity contribution in [1.29, 1.82) is 0 Å². The summed E-state index contributed by atoms with van der Waals surface area (Å²) in [7, 11) is -0.664. The van der Waals surface area contributed by atoms with Gasteiger partial charge in [0.2, 0.25) is 0 Å². The average molecular weight is 602 g/mol. The quantitative estimate of drug-likeness (QED) is 0.199. The van der Waals surface area contributed by atoms with Gasteiger partial charge in [-0.25, -0.2) is 4.79 Å². The van der Waals surface area contributed by atoms with Gasteiger partial charge in [0.1, 0.15) is 24.5 Å². The highest BCUT2D eigenvalue weighted by Gasteiger charge is 2.67. The monoisotopic (exact) mass is 602 g/mol. The van der Waals surface area contributed by atoms with E-state index >= 15 is 0 Å². The first-order chi connectivity index (χ1) is 21.0. The molecule has 228 valence electrons. The minimum absolute atomic E-state index is 0.0215. The van der Waals surface area contributed by atoms with Crippen LogP contribution in [0.15, 0.2) is 72.7 Å². The molecule has 0 amide bonds. The Balaban J connectivity index is 1.23. The lowest BCUT2D eigenvalue weighted by atomic mass is 9.43. The van der Waals surface area contributed by atoms with Crippen molar-refractivity contribution in [3.63, 3.8) is 0 Å². The van der Waals surface area contributed by atoms with Crippen LogP contribution in [0.1, 0.15) is 60.7 Å². The van der Waals surface area contributed by atoms with Crippen molar-refractivity contribution in [2.24, 2.45) is 17.3 Å². The lowest BCUT2D eigenvalue weighted by Gasteiger charge is -2.64. The van der Waals surface area contributed by atoms with E-state index in [4.69, 9.17) is 28.3 Å². The summed E-state index contributed by atoms with van der Waals surface area (Å²) in [5.74, 6) is 1.08. The van der Waals surface area contributed by atoms with Gasteiger partial charge in [-0.05, 0) is 54.2 Å². The van der Waals surface area contributed by atoms with Gasteiger partial charge in [0, 0.05) is 5.56 Å². The predicted octanol–water partition coefficient (Wildman–Crippen LogP) is 7.22. The van der Waals surface area contributed by atoms with Gasteiger partial charge in [0.05, 0.1) is 11.7 Å². The molecule has 0 N–H and O–H groups in total. The van der Waals surface area contributed by atoms with E-state index in [1.165, 1.54) is 6.07 Å². The Morgan fingerprint density at radius 3 is 2.34 bits per heavy atom. The number of hydrogen-bond donors (Lipinski definition) is 0. The molecule has 3 aromatic rings. The topological polar surface area (TPSA) is 72.5 Å². The van der Waals surface area contributed by atoms with Gasteiger partial charge in [-0.1, -0.05) is 86.6 Å². The van der Waals surface area contributed by atoms with Crippen molar-refractivity contribution in [3.05, 3.63) is 95.0 Å². The van der Waals surface area contributed by atoms with Crippen molar-refractivity contribution >= 4 is 19.2 Å². The number of ether oxygens (including phenoxy) is 4. The first kappa shape index (κ1) is 28.9. The zero-order valence-electron chi connectivity index (χ0n) is 24.8. The van der Waals surface area contributed by atoms with Crippen LogP contribution in [-0.4, -0.2) is 31.1 Å². The van der Waals surface area contributed by atoms with Crippen molar-refractivity contribution in [3.8, 4) is 17.2 Å². The molecule has 2 aliphatic heterocycles. The molecule has 7 nitrogen and oxygen atoms in total. The molecule has 2 heterocycles. The van der Waals surface area contributed by atoms with Crippen LogP contribution >= 0.6 is 0 Å². The standard InChI is InChI=1S/C34H33BF2O7/c1-32(2)24-17-26(32)33(3)27(18-24)43-35(44-33)15-14-23-16-25-30(42-34(36,37)41-25)28(29(23)39-19-21-10-6-4-7-11-21)31(38)40-20-22-12-8-5-9-13-22/h4-16,24,26-27H,17-20H2,1-3H3/b15-14-/t24-,26-,27?,33-/m0/s1. The third-order valence-electron chi connectivity index (χ3n) is 9.72. The van der Waals surface area contributed by atoms with Crippen molar-refractivity contribution in [1.82, 2.24) is 0 Å². The molecule has 2 bridgehead atoms. The molecular weight excluding hydrogens is 569 g/mol. The fraction of sp³-hybridized carbons (Fsp3) is 0.382. The Bertz CT molecular complexity index is 1600. The van der Waals surface area contributed by atoms with Gasteiger partial charge in [-0.2, -0.15) is 0 Å². The molecule has 44 heavy (non-hydrogen) atoms. The highest BCUT2D eigenvalue weighted by molar-refractivity contribution is 6.52. The van der Waals surface area contributed by atoms with E-state index < -0.39 is 30.7 Å². The van der Waals surface area contributed by atoms with Crippen LogP contribution in [0.3, 0.4) is 0 Å². The Morgan fingerprint density at radius 2 is 1.66 bits per heavy atom. The number of hydrogen-bond acceptors (Lipinski definition) is 7. The second-order valence-electron chi connectivity index (χ2n) is 12.7. The molecule has 1 unspecified atom stereocenters. The predicted molar refractivity (Wildman–Crippen MR) is 158 cm³/mol. The smallest absolute Gasteiger partial charge is 0.487 e. The maximum absolute atomic E-state index is 14.4. The molecule has 4 fully saturated rings. The third-order valence-corrected chi connectivity index (χ3v) is 9.72. The number of halogens is 2. The minimum atomic E-state index is -3.97. The van der Waals surface area contributed by atoms with Crippen LogP contribution in [0.4, 0.5) is 8.78 Å². The van der Waals surface area contributed by atoms with E-state index in [9.17, 15) is 13.6 Å². The fourth-order valence-corrected chi connectivity index (χ4v) is 7.24. The SMILES string of the molecule is CC1(C)[C@@H]2CC3OB(/C=C\c4cc5c(c(C(=O)OCc6ccccc6)c4OCc4ccccc4)OC(F)(F)O5)O[C@@]3(C)[C@H]1C2. The van der Waals surface area contributed by atoms with Crippen molar-refractivity contribution in [2.75, 3.05) is 0 Å². The summed E-state index contributed by atoms with van der Waals surface area (Å²) in [5.41, 5.74) is 1.32. The third kappa shape index (κ3) is 5.04. The highest BCUT2D eigenvalue weighted by atomic mass is 19.3. The molecule has 3 saturated carbocycles. The molecule has 0 spiro atoms. The number of benzene rings is 3. The molecule has 0 aromatic heterocycles. The van der Waals surface area contributed by atoms with Crippen LogP contribution in [0, 0.1) is 17.3 Å². The van der Waals surface area contributed by atoms with Gasteiger partial charge < -0.3 is 28.3 Å². The Morgan fingerprint density at radius 1 is 0.977 bits per heavy atom. The molecule has 3 aromatic carbocycles. The number of fused-ring (bicyclic) bond motifs is 1. The van der Waals surface area contributed by atoms with Crippen LogP contribution in [0.2, 0.25) is 0 Å². The summed E-state index contributed by atoms with van der Waals surface area (Å²) in [5, 5.41) is 0. The van der Waals surface area contributed by atoms with Gasteiger partial charge in [-0.3, -0.25) is 0 Å². The zero-order valence-corrected chi connectivity index (χ0v) is 24.8. The number of carbonyl (C=O) groups excluding carboxylic acids is 1. The van der Waals surface area contributed by atoms with Crippen LogP contribution < -0.4 is 14.2 Å². The number of rotatable bonds is 8. The zero-order chi connectivity index (χ0) is 30.7. The molecule has 0 radical (unpaired) electrons. The van der Waals surface area contributed by atoms with Crippen molar-refractivity contribution in [2.45, 2.75) is 64.8 Å². The Labute approximate surface area is 255 Å². The maximum Gasteiger partial charge on any atom is 0.586 e. The van der Waals surface area contributed by atoms with Crippen LogP contribution in [0.5, 0.6) is 17.2 Å². The second-order valence-corrected chi connectivity index (χ2v) is 12.7. The van der Waals surface area contributed by atoms with E-state index in [-0.39, 0.29) is 41.8 Å². The Kier molecular flexibility index (Phi) is 6.97. The number of alkyl halides is 2.